The predicted octanol–water partition coefficient (Wildman–Crippen LogP) is 3.76. The second-order valence-electron chi connectivity index (χ2n) is 2.68. The molecule has 0 unspecified atom stereocenters. The van der Waals surface area contributed by atoms with Crippen LogP contribution >= 0.6 is 27.3 Å². The predicted molar refractivity (Wildman–Crippen MR) is 61.9 cm³/mol. The van der Waals surface area contributed by atoms with E-state index in [9.17, 15) is 0 Å². The van der Waals surface area contributed by atoms with Gasteiger partial charge in [-0.05, 0) is 23.1 Å². The Morgan fingerprint density at radius 3 is 2.46 bits per heavy atom. The lowest BCUT2D eigenvalue weighted by molar-refractivity contribution is 1.62. The zero-order valence-corrected chi connectivity index (χ0v) is 9.23. The van der Waals surface area contributed by atoms with Crippen molar-refractivity contribution in [2.75, 3.05) is 5.73 Å². The minimum atomic E-state index is 0.868. The van der Waals surface area contributed by atoms with E-state index >= 15 is 0 Å². The molecule has 1 nitrogen and oxygen atoms in total. The van der Waals surface area contributed by atoms with Gasteiger partial charge in [-0.3, -0.25) is 0 Å². The summed E-state index contributed by atoms with van der Waals surface area (Å²) in [5, 5.41) is 2.87. The Morgan fingerprint density at radius 1 is 1.08 bits per heavy atom. The largest absolute Gasteiger partial charge is 0.390 e. The number of nitrogens with two attached hydrogens (primary N) is 1. The average molecular weight is 254 g/mol. The monoisotopic (exact) mass is 253 g/mol. The number of rotatable bonds is 1. The summed E-state index contributed by atoms with van der Waals surface area (Å²) in [5.74, 6) is 0. The third kappa shape index (κ3) is 1.62. The van der Waals surface area contributed by atoms with Crippen molar-refractivity contribution in [1.29, 1.82) is 0 Å². The highest BCUT2D eigenvalue weighted by molar-refractivity contribution is 9.10. The van der Waals surface area contributed by atoms with Gasteiger partial charge in [0, 0.05) is 10.0 Å². The summed E-state index contributed by atoms with van der Waals surface area (Å²) in [4.78, 5) is 0. The second kappa shape index (κ2) is 3.52. The average Bonchev–Trinajstić information content (AvgIpc) is 2.52. The Labute approximate surface area is 89.3 Å². The van der Waals surface area contributed by atoms with Crippen LogP contribution in [0, 0.1) is 0 Å². The number of nitrogen functional groups attached to an aromatic ring is 1. The molecule has 2 rings (SSSR count). The first-order valence-corrected chi connectivity index (χ1v) is 5.54. The maximum absolute atomic E-state index is 5.84. The van der Waals surface area contributed by atoms with Crippen LogP contribution in [0.15, 0.2) is 40.2 Å². The summed E-state index contributed by atoms with van der Waals surface area (Å²) in [6, 6.07) is 10.1. The first kappa shape index (κ1) is 8.78. The Bertz CT molecular complexity index is 422. The molecule has 0 aliphatic carbocycles. The molecule has 13 heavy (non-hydrogen) atoms. The molecule has 0 saturated carbocycles. The normalized spacial score (nSPS) is 10.2. The molecule has 1 aromatic heterocycles. The molecule has 1 heterocycles. The van der Waals surface area contributed by atoms with Gasteiger partial charge in [-0.1, -0.05) is 34.1 Å². The standard InChI is InChI=1S/C10H8BrNS/c11-9-4-2-1-3-7(9)8-5-6-13-10(8)12/h1-6H,12H2. The van der Waals surface area contributed by atoms with Crippen molar-refractivity contribution < 1.29 is 0 Å². The Hall–Kier alpha value is -0.800. The van der Waals surface area contributed by atoms with Gasteiger partial charge >= 0.3 is 0 Å². The van der Waals surface area contributed by atoms with Crippen LogP contribution in [-0.2, 0) is 0 Å². The van der Waals surface area contributed by atoms with Crippen LogP contribution in [0.2, 0.25) is 0 Å². The summed E-state index contributed by atoms with van der Waals surface area (Å²) >= 11 is 5.07. The van der Waals surface area contributed by atoms with E-state index < -0.39 is 0 Å². The molecule has 0 amide bonds. The fraction of sp³-hybridized carbons (Fsp3) is 0. The van der Waals surface area contributed by atoms with Gasteiger partial charge in [-0.2, -0.15) is 0 Å². The van der Waals surface area contributed by atoms with Crippen molar-refractivity contribution in [1.82, 2.24) is 0 Å². The lowest BCUT2D eigenvalue weighted by Gasteiger charge is -2.02. The van der Waals surface area contributed by atoms with Crippen LogP contribution in [0.3, 0.4) is 0 Å². The van der Waals surface area contributed by atoms with Crippen molar-refractivity contribution in [2.45, 2.75) is 0 Å². The van der Waals surface area contributed by atoms with E-state index in [1.54, 1.807) is 11.3 Å². The Kier molecular flexibility index (Phi) is 2.38. The summed E-state index contributed by atoms with van der Waals surface area (Å²) < 4.78 is 1.08. The van der Waals surface area contributed by atoms with Crippen LogP contribution in [-0.4, -0.2) is 0 Å². The third-order valence-corrected chi connectivity index (χ3v) is 3.30. The van der Waals surface area contributed by atoms with Crippen LogP contribution < -0.4 is 5.73 Å². The van der Waals surface area contributed by atoms with Crippen LogP contribution in [0.1, 0.15) is 0 Å². The SMILES string of the molecule is Nc1sccc1-c1ccccc1Br. The third-order valence-electron chi connectivity index (χ3n) is 1.86. The zero-order chi connectivity index (χ0) is 9.26. The maximum Gasteiger partial charge on any atom is 0.0936 e. The highest BCUT2D eigenvalue weighted by Gasteiger charge is 2.05. The highest BCUT2D eigenvalue weighted by Crippen LogP contribution is 2.34. The molecule has 2 N–H and O–H groups in total. The maximum atomic E-state index is 5.84. The van der Waals surface area contributed by atoms with Gasteiger partial charge in [-0.15, -0.1) is 11.3 Å². The first-order chi connectivity index (χ1) is 6.29. The molecule has 1 aromatic carbocycles. The van der Waals surface area contributed by atoms with Crippen LogP contribution in [0.25, 0.3) is 11.1 Å². The number of hydrogen-bond acceptors (Lipinski definition) is 2. The molecule has 0 saturated heterocycles. The fourth-order valence-electron chi connectivity index (χ4n) is 1.22. The van der Waals surface area contributed by atoms with E-state index in [-0.39, 0.29) is 0 Å². The molecule has 0 fully saturated rings. The molecule has 0 bridgehead atoms. The van der Waals surface area contributed by atoms with Gasteiger partial charge in [0.2, 0.25) is 0 Å². The molecule has 0 radical (unpaired) electrons. The first-order valence-electron chi connectivity index (χ1n) is 3.87. The Balaban J connectivity index is 2.59. The molecule has 0 aliphatic heterocycles. The van der Waals surface area contributed by atoms with E-state index in [4.69, 9.17) is 5.73 Å². The van der Waals surface area contributed by atoms with Gasteiger partial charge in [0.1, 0.15) is 0 Å². The number of anilines is 1. The number of thiophene rings is 1. The van der Waals surface area contributed by atoms with E-state index in [0.29, 0.717) is 0 Å². The van der Waals surface area contributed by atoms with E-state index in [0.717, 1.165) is 20.6 Å². The molecule has 0 atom stereocenters. The molecule has 2 aromatic rings. The summed E-state index contributed by atoms with van der Waals surface area (Å²) in [6.45, 7) is 0. The topological polar surface area (TPSA) is 26.0 Å². The van der Waals surface area contributed by atoms with E-state index in [1.165, 1.54) is 0 Å². The van der Waals surface area contributed by atoms with Gasteiger partial charge in [0.25, 0.3) is 0 Å². The highest BCUT2D eigenvalue weighted by atomic mass is 79.9. The van der Waals surface area contributed by atoms with Crippen LogP contribution in [0.4, 0.5) is 5.00 Å². The van der Waals surface area contributed by atoms with Gasteiger partial charge in [0.05, 0.1) is 5.00 Å². The van der Waals surface area contributed by atoms with Crippen molar-refractivity contribution in [3.05, 3.63) is 40.2 Å². The van der Waals surface area contributed by atoms with E-state index in [2.05, 4.69) is 22.0 Å². The van der Waals surface area contributed by atoms with Gasteiger partial charge < -0.3 is 5.73 Å². The second-order valence-corrected chi connectivity index (χ2v) is 4.48. The quantitative estimate of drug-likeness (QED) is 0.823. The number of halogens is 1. The molecular formula is C10H8BrNS. The minimum Gasteiger partial charge on any atom is -0.390 e. The van der Waals surface area contributed by atoms with Crippen molar-refractivity contribution in [2.24, 2.45) is 0 Å². The zero-order valence-electron chi connectivity index (χ0n) is 6.83. The minimum absolute atomic E-state index is 0.868. The fourth-order valence-corrected chi connectivity index (χ4v) is 2.38. The molecule has 0 spiro atoms. The molecule has 66 valence electrons. The van der Waals surface area contributed by atoms with Gasteiger partial charge in [-0.25, -0.2) is 0 Å². The van der Waals surface area contributed by atoms with E-state index in [1.807, 2.05) is 29.6 Å². The number of hydrogen-bond donors (Lipinski definition) is 1. The van der Waals surface area contributed by atoms with Crippen molar-refractivity contribution in [3.63, 3.8) is 0 Å². The van der Waals surface area contributed by atoms with Crippen molar-refractivity contribution in [3.8, 4) is 11.1 Å². The van der Waals surface area contributed by atoms with Crippen molar-refractivity contribution >= 4 is 32.3 Å². The smallest absolute Gasteiger partial charge is 0.0936 e. The van der Waals surface area contributed by atoms with Crippen LogP contribution in [0.5, 0.6) is 0 Å². The van der Waals surface area contributed by atoms with Gasteiger partial charge in [0.15, 0.2) is 0 Å². The lowest BCUT2D eigenvalue weighted by Crippen LogP contribution is -1.83. The summed E-state index contributed by atoms with van der Waals surface area (Å²) in [5.41, 5.74) is 8.10. The lowest BCUT2D eigenvalue weighted by atomic mass is 10.1. The summed E-state index contributed by atoms with van der Waals surface area (Å²) in [6.07, 6.45) is 0. The molecule has 0 aliphatic rings. The Morgan fingerprint density at radius 2 is 1.85 bits per heavy atom. The summed E-state index contributed by atoms with van der Waals surface area (Å²) in [7, 11) is 0. The number of benzene rings is 1. The molecular weight excluding hydrogens is 246 g/mol. The molecule has 3 heteroatoms.